The van der Waals surface area contributed by atoms with Gasteiger partial charge < -0.3 is 10.0 Å². The molecule has 0 saturated heterocycles. The molecule has 1 aliphatic rings. The smallest absolute Gasteiger partial charge is 0.382 e. The Morgan fingerprint density at radius 1 is 1.39 bits per heavy atom. The van der Waals surface area contributed by atoms with Crippen LogP contribution in [0.15, 0.2) is 29.4 Å². The van der Waals surface area contributed by atoms with E-state index in [-0.39, 0.29) is 5.56 Å². The molecule has 1 aliphatic heterocycles. The first-order valence-corrected chi connectivity index (χ1v) is 7.10. The molecule has 0 spiro atoms. The number of hydrogen-bond donors (Lipinski definition) is 1. The lowest BCUT2D eigenvalue weighted by Gasteiger charge is -2.22. The van der Waals surface area contributed by atoms with E-state index in [1.807, 2.05) is 6.92 Å². The quantitative estimate of drug-likeness (QED) is 0.922. The first kappa shape index (κ1) is 17.3. The lowest BCUT2D eigenvalue weighted by molar-refractivity contribution is -0.205. The molecule has 1 N–H and O–H groups in total. The number of halogens is 3. The number of aliphatic hydroxyl groups is 1. The number of nitrogens with zero attached hydrogens (tertiary/aromatic N) is 3. The fraction of sp³-hybridized carbons (Fsp3) is 0.467. The van der Waals surface area contributed by atoms with Gasteiger partial charge in [-0.25, -0.2) is 0 Å². The molecule has 0 fully saturated rings. The Morgan fingerprint density at radius 2 is 2.00 bits per heavy atom. The number of alkyl halides is 3. The molecular weight excluding hydrogens is 311 g/mol. The van der Waals surface area contributed by atoms with Crippen LogP contribution in [0.5, 0.6) is 0 Å². The van der Waals surface area contributed by atoms with Gasteiger partial charge in [0.25, 0.3) is 5.91 Å². The number of carbonyl (C=O) groups excluding carboxylic acids is 1. The van der Waals surface area contributed by atoms with Gasteiger partial charge >= 0.3 is 6.18 Å². The second kappa shape index (κ2) is 6.57. The number of hydrogen-bond acceptors (Lipinski definition) is 4. The van der Waals surface area contributed by atoms with Crippen LogP contribution in [0, 0.1) is 0 Å². The first-order valence-electron chi connectivity index (χ1n) is 7.10. The van der Waals surface area contributed by atoms with Gasteiger partial charge in [0, 0.05) is 31.3 Å². The fourth-order valence-corrected chi connectivity index (χ4v) is 2.20. The van der Waals surface area contributed by atoms with E-state index in [2.05, 4.69) is 5.10 Å². The van der Waals surface area contributed by atoms with E-state index in [4.69, 9.17) is 5.11 Å². The Bertz CT molecular complexity index is 599. The lowest BCUT2D eigenvalue weighted by atomic mass is 10.1. The molecule has 23 heavy (non-hydrogen) atoms. The Labute approximate surface area is 132 Å². The molecule has 8 heteroatoms. The zero-order valence-electron chi connectivity index (χ0n) is 12.8. The molecule has 126 valence electrons. The number of benzene rings is 1. The summed E-state index contributed by atoms with van der Waals surface area (Å²) < 4.78 is 37.0. The standard InChI is InChI=1S/C15H18F3N3O2/c1-10-7-8-21(19-10)12-5-3-11(4-6-12)14(23)20(2)9-13(22)15(16,17)18/h3-6,13,22H,7-9H2,1-2H3. The maximum absolute atomic E-state index is 12.3. The van der Waals surface area contributed by atoms with Crippen LogP contribution in [0.3, 0.4) is 0 Å². The Morgan fingerprint density at radius 3 is 2.48 bits per heavy atom. The number of anilines is 1. The largest absolute Gasteiger partial charge is 0.416 e. The molecule has 1 heterocycles. The number of amides is 1. The summed E-state index contributed by atoms with van der Waals surface area (Å²) in [6.07, 6.45) is -6.43. The van der Waals surface area contributed by atoms with E-state index in [0.717, 1.165) is 29.3 Å². The summed E-state index contributed by atoms with van der Waals surface area (Å²) in [6, 6.07) is 6.47. The maximum atomic E-state index is 12.3. The number of likely N-dealkylation sites (N-methyl/N-ethyl adjacent to an activating group) is 1. The number of carbonyl (C=O) groups is 1. The number of rotatable bonds is 4. The SMILES string of the molecule is CC1=NN(c2ccc(C(=O)N(C)CC(O)C(F)(F)F)cc2)CC1. The molecule has 1 unspecified atom stereocenters. The monoisotopic (exact) mass is 329 g/mol. The highest BCUT2D eigenvalue weighted by Crippen LogP contribution is 2.22. The van der Waals surface area contributed by atoms with E-state index in [1.165, 1.54) is 19.2 Å². The van der Waals surface area contributed by atoms with E-state index in [1.54, 1.807) is 17.1 Å². The summed E-state index contributed by atoms with van der Waals surface area (Å²) in [5, 5.41) is 15.2. The highest BCUT2D eigenvalue weighted by Gasteiger charge is 2.39. The number of aliphatic hydroxyl groups excluding tert-OH is 1. The van der Waals surface area contributed by atoms with Crippen LogP contribution in [-0.2, 0) is 0 Å². The van der Waals surface area contributed by atoms with Crippen molar-refractivity contribution >= 4 is 17.3 Å². The molecule has 0 saturated carbocycles. The van der Waals surface area contributed by atoms with Gasteiger partial charge in [0.05, 0.1) is 12.2 Å². The van der Waals surface area contributed by atoms with Gasteiger partial charge in [0.1, 0.15) is 0 Å². The molecule has 5 nitrogen and oxygen atoms in total. The van der Waals surface area contributed by atoms with Gasteiger partial charge in [-0.2, -0.15) is 18.3 Å². The van der Waals surface area contributed by atoms with Gasteiger partial charge in [-0.1, -0.05) is 0 Å². The van der Waals surface area contributed by atoms with Crippen molar-refractivity contribution in [3.05, 3.63) is 29.8 Å². The second-order valence-electron chi connectivity index (χ2n) is 5.50. The fourth-order valence-electron chi connectivity index (χ4n) is 2.20. The minimum Gasteiger partial charge on any atom is -0.382 e. The average molecular weight is 329 g/mol. The minimum absolute atomic E-state index is 0.255. The zero-order chi connectivity index (χ0) is 17.2. The highest BCUT2D eigenvalue weighted by molar-refractivity contribution is 5.94. The van der Waals surface area contributed by atoms with Crippen LogP contribution >= 0.6 is 0 Å². The molecule has 2 rings (SSSR count). The normalized spacial score (nSPS) is 16.3. The Kier molecular flexibility index (Phi) is 4.93. The molecule has 1 aromatic carbocycles. The van der Waals surface area contributed by atoms with Crippen molar-refractivity contribution in [2.75, 3.05) is 25.1 Å². The molecule has 1 aromatic rings. The van der Waals surface area contributed by atoms with Crippen molar-refractivity contribution in [2.24, 2.45) is 5.10 Å². The topological polar surface area (TPSA) is 56.1 Å². The summed E-state index contributed by atoms with van der Waals surface area (Å²) in [7, 11) is 1.22. The van der Waals surface area contributed by atoms with Crippen LogP contribution in [0.4, 0.5) is 18.9 Å². The van der Waals surface area contributed by atoms with Crippen molar-refractivity contribution < 1.29 is 23.1 Å². The Hall–Kier alpha value is -2.09. The molecule has 0 bridgehead atoms. The second-order valence-corrected chi connectivity index (χ2v) is 5.50. The van der Waals surface area contributed by atoms with E-state index < -0.39 is 24.7 Å². The lowest BCUT2D eigenvalue weighted by Crippen LogP contribution is -2.41. The van der Waals surface area contributed by atoms with Gasteiger partial charge in [-0.15, -0.1) is 0 Å². The number of hydrazone groups is 1. The van der Waals surface area contributed by atoms with Crippen LogP contribution in [0.2, 0.25) is 0 Å². The summed E-state index contributed by atoms with van der Waals surface area (Å²) >= 11 is 0. The third kappa shape index (κ3) is 4.22. The van der Waals surface area contributed by atoms with Gasteiger partial charge in [-0.05, 0) is 31.2 Å². The predicted molar refractivity (Wildman–Crippen MR) is 80.5 cm³/mol. The van der Waals surface area contributed by atoms with Crippen molar-refractivity contribution in [3.63, 3.8) is 0 Å². The first-order chi connectivity index (χ1) is 10.7. The summed E-state index contributed by atoms with van der Waals surface area (Å²) in [5.41, 5.74) is 2.09. The third-order valence-electron chi connectivity index (χ3n) is 3.56. The molecule has 0 radical (unpaired) electrons. The predicted octanol–water partition coefficient (Wildman–Crippen LogP) is 2.27. The molecule has 1 atom stereocenters. The van der Waals surface area contributed by atoms with Gasteiger partial charge in [0.2, 0.25) is 0 Å². The van der Waals surface area contributed by atoms with Crippen LogP contribution in [-0.4, -0.2) is 54.0 Å². The van der Waals surface area contributed by atoms with Crippen molar-refractivity contribution in [3.8, 4) is 0 Å². The van der Waals surface area contributed by atoms with Crippen LogP contribution < -0.4 is 5.01 Å². The molecule has 0 aromatic heterocycles. The van der Waals surface area contributed by atoms with Crippen molar-refractivity contribution in [1.82, 2.24) is 4.90 Å². The van der Waals surface area contributed by atoms with Crippen LogP contribution in [0.1, 0.15) is 23.7 Å². The summed E-state index contributed by atoms with van der Waals surface area (Å²) in [4.78, 5) is 13.0. The summed E-state index contributed by atoms with van der Waals surface area (Å²) in [5.74, 6) is -0.582. The maximum Gasteiger partial charge on any atom is 0.416 e. The zero-order valence-corrected chi connectivity index (χ0v) is 12.8. The highest BCUT2D eigenvalue weighted by atomic mass is 19.4. The van der Waals surface area contributed by atoms with Crippen molar-refractivity contribution in [2.45, 2.75) is 25.6 Å². The van der Waals surface area contributed by atoms with E-state index in [0.29, 0.717) is 0 Å². The molecule has 0 aliphatic carbocycles. The molecule has 1 amide bonds. The average Bonchev–Trinajstić information content (AvgIpc) is 2.92. The third-order valence-corrected chi connectivity index (χ3v) is 3.56. The minimum atomic E-state index is -4.75. The van der Waals surface area contributed by atoms with E-state index >= 15 is 0 Å². The van der Waals surface area contributed by atoms with Crippen LogP contribution in [0.25, 0.3) is 0 Å². The Balaban J connectivity index is 2.02. The van der Waals surface area contributed by atoms with Gasteiger partial charge in [-0.3, -0.25) is 9.80 Å². The molecular formula is C15H18F3N3O2. The van der Waals surface area contributed by atoms with E-state index in [9.17, 15) is 18.0 Å². The summed E-state index contributed by atoms with van der Waals surface area (Å²) in [6.45, 7) is 1.88. The van der Waals surface area contributed by atoms with Crippen molar-refractivity contribution in [1.29, 1.82) is 0 Å². The van der Waals surface area contributed by atoms with Gasteiger partial charge in [0.15, 0.2) is 6.10 Å².